The molecule has 3 heteroatoms. The van der Waals surface area contributed by atoms with Crippen LogP contribution in [0.1, 0.15) is 25.3 Å². The predicted molar refractivity (Wildman–Crippen MR) is 70.5 cm³/mol. The Morgan fingerprint density at radius 2 is 1.94 bits per heavy atom. The van der Waals surface area contributed by atoms with Gasteiger partial charge in [0.1, 0.15) is 5.75 Å². The monoisotopic (exact) mass is 237 g/mol. The van der Waals surface area contributed by atoms with Gasteiger partial charge in [0.05, 0.1) is 13.2 Å². The predicted octanol–water partition coefficient (Wildman–Crippen LogP) is 1.99. The van der Waals surface area contributed by atoms with Crippen molar-refractivity contribution in [2.24, 2.45) is 0 Å². The molecule has 0 saturated heterocycles. The van der Waals surface area contributed by atoms with Gasteiger partial charge >= 0.3 is 0 Å². The molecule has 0 aliphatic rings. The largest absolute Gasteiger partial charge is 0.497 e. The van der Waals surface area contributed by atoms with Crippen LogP contribution in [-0.2, 0) is 6.42 Å². The standard InChI is InChI=1S/C14H23NO2/c1-3-13(16)9-11-15-10-8-12-4-6-14(17-2)7-5-12/h4-7,13,15-16H,3,8-11H2,1-2H3. The molecule has 1 aromatic rings. The average Bonchev–Trinajstić information content (AvgIpc) is 2.38. The molecule has 0 aliphatic heterocycles. The van der Waals surface area contributed by atoms with Crippen LogP contribution in [0, 0.1) is 0 Å². The highest BCUT2D eigenvalue weighted by Crippen LogP contribution is 2.11. The quantitative estimate of drug-likeness (QED) is 0.679. The molecule has 0 radical (unpaired) electrons. The second-order valence-electron chi connectivity index (χ2n) is 4.20. The third-order valence-electron chi connectivity index (χ3n) is 2.88. The van der Waals surface area contributed by atoms with Crippen molar-refractivity contribution in [2.75, 3.05) is 20.2 Å². The first-order valence-electron chi connectivity index (χ1n) is 6.28. The number of methoxy groups -OCH3 is 1. The Labute approximate surface area is 104 Å². The van der Waals surface area contributed by atoms with E-state index in [0.29, 0.717) is 0 Å². The maximum absolute atomic E-state index is 9.38. The van der Waals surface area contributed by atoms with Gasteiger partial charge in [0.25, 0.3) is 0 Å². The van der Waals surface area contributed by atoms with E-state index in [0.717, 1.165) is 38.1 Å². The van der Waals surface area contributed by atoms with Crippen molar-refractivity contribution in [3.63, 3.8) is 0 Å². The van der Waals surface area contributed by atoms with E-state index in [9.17, 15) is 5.11 Å². The molecule has 1 rings (SSSR count). The maximum Gasteiger partial charge on any atom is 0.118 e. The fourth-order valence-electron chi connectivity index (χ4n) is 1.62. The highest BCUT2D eigenvalue weighted by atomic mass is 16.5. The van der Waals surface area contributed by atoms with Crippen LogP contribution >= 0.6 is 0 Å². The van der Waals surface area contributed by atoms with Gasteiger partial charge < -0.3 is 15.2 Å². The number of nitrogens with one attached hydrogen (secondary N) is 1. The first kappa shape index (κ1) is 14.0. The topological polar surface area (TPSA) is 41.5 Å². The summed E-state index contributed by atoms with van der Waals surface area (Å²) in [4.78, 5) is 0. The summed E-state index contributed by atoms with van der Waals surface area (Å²) in [5, 5.41) is 12.7. The van der Waals surface area contributed by atoms with E-state index >= 15 is 0 Å². The lowest BCUT2D eigenvalue weighted by Gasteiger charge is -2.08. The fourth-order valence-corrected chi connectivity index (χ4v) is 1.62. The van der Waals surface area contributed by atoms with Crippen molar-refractivity contribution in [2.45, 2.75) is 32.3 Å². The summed E-state index contributed by atoms with van der Waals surface area (Å²) in [6.45, 7) is 3.83. The molecule has 0 saturated carbocycles. The molecule has 1 unspecified atom stereocenters. The van der Waals surface area contributed by atoms with Crippen molar-refractivity contribution < 1.29 is 9.84 Å². The molecule has 2 N–H and O–H groups in total. The minimum absolute atomic E-state index is 0.163. The molecule has 1 aromatic carbocycles. The Bertz CT molecular complexity index is 298. The minimum Gasteiger partial charge on any atom is -0.497 e. The summed E-state index contributed by atoms with van der Waals surface area (Å²) < 4.78 is 5.11. The molecule has 0 spiro atoms. The second-order valence-corrected chi connectivity index (χ2v) is 4.20. The summed E-state index contributed by atoms with van der Waals surface area (Å²) in [5.41, 5.74) is 1.30. The second kappa shape index (κ2) is 8.09. The lowest BCUT2D eigenvalue weighted by Crippen LogP contribution is -2.22. The minimum atomic E-state index is -0.163. The molecule has 0 heterocycles. The fraction of sp³-hybridized carbons (Fsp3) is 0.571. The van der Waals surface area contributed by atoms with Crippen molar-refractivity contribution in [3.8, 4) is 5.75 Å². The lowest BCUT2D eigenvalue weighted by molar-refractivity contribution is 0.160. The Hall–Kier alpha value is -1.06. The zero-order chi connectivity index (χ0) is 12.5. The van der Waals surface area contributed by atoms with Crippen LogP contribution in [-0.4, -0.2) is 31.4 Å². The number of ether oxygens (including phenoxy) is 1. The van der Waals surface area contributed by atoms with Gasteiger partial charge in [-0.2, -0.15) is 0 Å². The number of aliphatic hydroxyl groups excluding tert-OH is 1. The van der Waals surface area contributed by atoms with E-state index in [-0.39, 0.29) is 6.10 Å². The van der Waals surface area contributed by atoms with Crippen LogP contribution in [0.4, 0.5) is 0 Å². The van der Waals surface area contributed by atoms with E-state index in [4.69, 9.17) is 4.74 Å². The SMILES string of the molecule is CCC(O)CCNCCc1ccc(OC)cc1. The summed E-state index contributed by atoms with van der Waals surface area (Å²) >= 11 is 0. The summed E-state index contributed by atoms with van der Waals surface area (Å²) in [6, 6.07) is 8.13. The molecule has 0 aliphatic carbocycles. The van der Waals surface area contributed by atoms with Gasteiger partial charge in [-0.1, -0.05) is 19.1 Å². The van der Waals surface area contributed by atoms with E-state index in [1.807, 2.05) is 19.1 Å². The van der Waals surface area contributed by atoms with E-state index in [1.165, 1.54) is 5.56 Å². The Kier molecular flexibility index (Phi) is 6.67. The van der Waals surface area contributed by atoms with Gasteiger partial charge in [0, 0.05) is 0 Å². The molecule has 3 nitrogen and oxygen atoms in total. The highest BCUT2D eigenvalue weighted by Gasteiger charge is 1.99. The zero-order valence-electron chi connectivity index (χ0n) is 10.8. The van der Waals surface area contributed by atoms with Gasteiger partial charge in [0.2, 0.25) is 0 Å². The highest BCUT2D eigenvalue weighted by molar-refractivity contribution is 5.27. The summed E-state index contributed by atoms with van der Waals surface area (Å²) in [7, 11) is 1.68. The van der Waals surface area contributed by atoms with E-state index < -0.39 is 0 Å². The Morgan fingerprint density at radius 1 is 1.24 bits per heavy atom. The molecule has 96 valence electrons. The third kappa shape index (κ3) is 5.71. The van der Waals surface area contributed by atoms with Gasteiger partial charge in [-0.3, -0.25) is 0 Å². The molecular weight excluding hydrogens is 214 g/mol. The number of rotatable bonds is 8. The van der Waals surface area contributed by atoms with E-state index in [2.05, 4.69) is 17.4 Å². The normalized spacial score (nSPS) is 12.4. The van der Waals surface area contributed by atoms with Crippen LogP contribution in [0.5, 0.6) is 5.75 Å². The number of hydrogen-bond donors (Lipinski definition) is 2. The van der Waals surface area contributed by atoms with Crippen molar-refractivity contribution in [1.29, 1.82) is 0 Å². The molecular formula is C14H23NO2. The third-order valence-corrected chi connectivity index (χ3v) is 2.88. The van der Waals surface area contributed by atoms with E-state index in [1.54, 1.807) is 7.11 Å². The number of aliphatic hydroxyl groups is 1. The zero-order valence-corrected chi connectivity index (χ0v) is 10.8. The molecule has 17 heavy (non-hydrogen) atoms. The molecule has 0 fully saturated rings. The molecule has 0 bridgehead atoms. The van der Waals surface area contributed by atoms with Crippen LogP contribution in [0.25, 0.3) is 0 Å². The lowest BCUT2D eigenvalue weighted by atomic mass is 10.1. The molecule has 0 aromatic heterocycles. The smallest absolute Gasteiger partial charge is 0.118 e. The Morgan fingerprint density at radius 3 is 2.53 bits per heavy atom. The average molecular weight is 237 g/mol. The van der Waals surface area contributed by atoms with Crippen molar-refractivity contribution in [3.05, 3.63) is 29.8 Å². The molecule has 0 amide bonds. The van der Waals surface area contributed by atoms with Gasteiger partial charge in [-0.15, -0.1) is 0 Å². The summed E-state index contributed by atoms with van der Waals surface area (Å²) in [6.07, 6.45) is 2.51. The van der Waals surface area contributed by atoms with Crippen molar-refractivity contribution in [1.82, 2.24) is 5.32 Å². The van der Waals surface area contributed by atoms with Gasteiger partial charge in [0.15, 0.2) is 0 Å². The van der Waals surface area contributed by atoms with Gasteiger partial charge in [-0.05, 0) is 50.0 Å². The summed E-state index contributed by atoms with van der Waals surface area (Å²) in [5.74, 6) is 0.896. The van der Waals surface area contributed by atoms with Crippen LogP contribution in [0.2, 0.25) is 0 Å². The van der Waals surface area contributed by atoms with Crippen LogP contribution in [0.3, 0.4) is 0 Å². The first-order valence-corrected chi connectivity index (χ1v) is 6.28. The van der Waals surface area contributed by atoms with Crippen LogP contribution in [0.15, 0.2) is 24.3 Å². The molecule has 1 atom stereocenters. The number of hydrogen-bond acceptors (Lipinski definition) is 3. The number of benzene rings is 1. The van der Waals surface area contributed by atoms with Gasteiger partial charge in [-0.25, -0.2) is 0 Å². The van der Waals surface area contributed by atoms with Crippen LogP contribution < -0.4 is 10.1 Å². The first-order chi connectivity index (χ1) is 8.26. The Balaban J connectivity index is 2.13. The maximum atomic E-state index is 9.38. The van der Waals surface area contributed by atoms with Crippen molar-refractivity contribution >= 4 is 0 Å².